The van der Waals surface area contributed by atoms with Crippen molar-refractivity contribution in [2.45, 2.75) is 125 Å². The van der Waals surface area contributed by atoms with Crippen molar-refractivity contribution in [3.8, 4) is 46.6 Å². The molecule has 3 aromatic heterocycles. The molecular weight excluding hydrogens is 1150 g/mol. The summed E-state index contributed by atoms with van der Waals surface area (Å²) < 4.78 is 16.4. The summed E-state index contributed by atoms with van der Waals surface area (Å²) in [5.41, 5.74) is 12.6. The zero-order valence-electron chi connectivity index (χ0n) is 48.3. The van der Waals surface area contributed by atoms with Gasteiger partial charge in [0.2, 0.25) is 0 Å². The van der Waals surface area contributed by atoms with E-state index in [2.05, 4.69) is 66.1 Å². The van der Waals surface area contributed by atoms with Gasteiger partial charge in [-0.1, -0.05) is 77.5 Å². The molecule has 6 heterocycles. The first-order chi connectivity index (χ1) is 42.8. The number of aromatic nitrogens is 6. The number of carbonyl (C=O) groups excluding carboxylic acids is 2. The number of ketones is 2. The number of aliphatic hydroxyl groups is 12. The Labute approximate surface area is 508 Å². The number of H-pyrrole nitrogens is 3. The number of aryl methyl sites for hydroxylation is 1. The summed E-state index contributed by atoms with van der Waals surface area (Å²) in [6.45, 7) is 4.31. The second-order valence-corrected chi connectivity index (χ2v) is 22.2. The van der Waals surface area contributed by atoms with E-state index in [1.165, 1.54) is 0 Å². The van der Waals surface area contributed by atoms with Gasteiger partial charge >= 0.3 is 0 Å². The number of hydrogen-bond donors (Lipinski definition) is 15. The molecule has 4 aromatic carbocycles. The lowest BCUT2D eigenvalue weighted by atomic mass is 9.90. The maximum Gasteiger partial charge on any atom is 0.159 e. The molecule has 0 saturated carbocycles. The monoisotopic (exact) mass is 1210 g/mol. The van der Waals surface area contributed by atoms with Crippen LogP contribution in [0.4, 0.5) is 0 Å². The number of hydrogen-bond acceptors (Lipinski definition) is 20. The molecule has 89 heavy (non-hydrogen) atoms. The zero-order chi connectivity index (χ0) is 63.4. The third-order valence-corrected chi connectivity index (χ3v) is 16.1. The van der Waals surface area contributed by atoms with E-state index in [9.17, 15) is 70.9 Å². The summed E-state index contributed by atoms with van der Waals surface area (Å²) in [4.78, 5) is 23.3. The highest BCUT2D eigenvalue weighted by Crippen LogP contribution is 2.34. The predicted molar refractivity (Wildman–Crippen MR) is 323 cm³/mol. The van der Waals surface area contributed by atoms with Gasteiger partial charge in [0, 0.05) is 29.0 Å². The molecule has 0 radical (unpaired) electrons. The highest BCUT2D eigenvalue weighted by Gasteiger charge is 2.45. The van der Waals surface area contributed by atoms with Gasteiger partial charge < -0.3 is 75.5 Å². The molecule has 462 valence electrons. The van der Waals surface area contributed by atoms with Crippen LogP contribution in [0.15, 0.2) is 115 Å². The lowest BCUT2D eigenvalue weighted by molar-refractivity contribution is -0.214. The molecule has 23 heteroatoms. The number of carbonyl (C=O) groups is 2. The third-order valence-electron chi connectivity index (χ3n) is 16.1. The number of ether oxygens (including phenoxy) is 3. The molecule has 0 amide bonds. The molecule has 0 unspecified atom stereocenters. The quantitative estimate of drug-likeness (QED) is 0.103. The number of nitrogens with zero attached hydrogens (tertiary/aromatic N) is 3. The Kier molecular flexibility index (Phi) is 19.7. The Morgan fingerprint density at radius 3 is 1.35 bits per heavy atom. The Bertz CT molecular complexity index is 4120. The summed E-state index contributed by atoms with van der Waals surface area (Å²) in [6, 6.07) is 19.6. The second-order valence-electron chi connectivity index (χ2n) is 22.2. The molecule has 15 atom stereocenters. The number of aliphatic hydroxyl groups excluding tert-OH is 12. The van der Waals surface area contributed by atoms with Gasteiger partial charge in [0.15, 0.2) is 11.6 Å². The minimum Gasteiger partial charge on any atom is -0.394 e. The smallest absolute Gasteiger partial charge is 0.159 e. The number of allylic oxidation sites excluding steroid dienone is 8. The molecule has 7 aromatic rings. The van der Waals surface area contributed by atoms with Crippen molar-refractivity contribution < 1.29 is 85.1 Å². The van der Waals surface area contributed by atoms with E-state index in [1.54, 1.807) is 36.8 Å². The number of fused-ring (bicyclic) bond motifs is 3. The highest BCUT2D eigenvalue weighted by molar-refractivity contribution is 6.02. The molecule has 0 spiro atoms. The van der Waals surface area contributed by atoms with Crippen molar-refractivity contribution >= 4 is 55.4 Å². The van der Waals surface area contributed by atoms with Crippen LogP contribution in [0.25, 0.3) is 55.0 Å². The van der Waals surface area contributed by atoms with Gasteiger partial charge in [-0.15, -0.1) is 0 Å². The normalized spacial score (nSPS) is 28.5. The largest absolute Gasteiger partial charge is 0.394 e. The molecular formula is C66H66N6O17. The van der Waals surface area contributed by atoms with Crippen molar-refractivity contribution in [1.29, 1.82) is 0 Å². The van der Waals surface area contributed by atoms with Crippen LogP contribution < -0.4 is 0 Å². The SMILES string of the molecule is CC1=C(c2cc(C#C[C@H]3O[C@H](CO)[C@@H](O)[C@H](O)[C@@H]3O)c3[nH]ncc3c2)C=CC(=O)C1.CC1=CC(=O)CC=C1c1cc(C#C[C@H]2O[C@H](CO)[C@@H](O)[C@H](O)[C@@H]2O)c2[nH]ncc2c1.Cc1ccccc1-c1cc(C#C[C@H]2O[C@H](CO)[C@@H](O)[C@H](O)[C@@H]2O)c2[nH]ncc2c1. The Morgan fingerprint density at radius 1 is 0.506 bits per heavy atom. The van der Waals surface area contributed by atoms with Crippen molar-refractivity contribution in [1.82, 2.24) is 30.6 Å². The van der Waals surface area contributed by atoms with Crippen LogP contribution in [-0.4, -0.2) is 215 Å². The first-order valence-electron chi connectivity index (χ1n) is 28.5. The van der Waals surface area contributed by atoms with E-state index in [1.807, 2.05) is 87.5 Å². The Hall–Kier alpha value is -8.33. The van der Waals surface area contributed by atoms with Crippen LogP contribution in [0.3, 0.4) is 0 Å². The second kappa shape index (κ2) is 27.6. The lowest BCUT2D eigenvalue weighted by Gasteiger charge is -2.37. The van der Waals surface area contributed by atoms with Gasteiger partial charge in [-0.25, -0.2) is 0 Å². The van der Waals surface area contributed by atoms with Crippen molar-refractivity contribution in [3.05, 3.63) is 148 Å². The number of aromatic amines is 3. The Morgan fingerprint density at radius 2 is 0.921 bits per heavy atom. The van der Waals surface area contributed by atoms with Crippen LogP contribution in [-0.2, 0) is 23.8 Å². The highest BCUT2D eigenvalue weighted by atomic mass is 16.6. The summed E-state index contributed by atoms with van der Waals surface area (Å²) in [5, 5.41) is 142. The molecule has 12 rings (SSSR count). The van der Waals surface area contributed by atoms with Gasteiger partial charge in [0.05, 0.1) is 71.7 Å². The molecule has 3 saturated heterocycles. The molecule has 3 fully saturated rings. The zero-order valence-corrected chi connectivity index (χ0v) is 48.3. The van der Waals surface area contributed by atoms with E-state index in [-0.39, 0.29) is 11.6 Å². The lowest BCUT2D eigenvalue weighted by Crippen LogP contribution is -2.58. The predicted octanol–water partition coefficient (Wildman–Crippen LogP) is 0.851. The summed E-state index contributed by atoms with van der Waals surface area (Å²) in [7, 11) is 0. The molecule has 2 aliphatic carbocycles. The summed E-state index contributed by atoms with van der Waals surface area (Å²) >= 11 is 0. The topological polar surface area (TPSA) is 391 Å². The fraction of sp³-hybridized carbons (Fsp3) is 0.348. The van der Waals surface area contributed by atoms with Gasteiger partial charge in [-0.2, -0.15) is 15.3 Å². The first kappa shape index (κ1) is 63.7. The molecule has 0 bridgehead atoms. The van der Waals surface area contributed by atoms with Crippen molar-refractivity contribution in [3.63, 3.8) is 0 Å². The minimum atomic E-state index is -1.48. The van der Waals surface area contributed by atoms with Crippen LogP contribution in [0.5, 0.6) is 0 Å². The van der Waals surface area contributed by atoms with Gasteiger partial charge in [0.25, 0.3) is 0 Å². The van der Waals surface area contributed by atoms with Crippen LogP contribution >= 0.6 is 0 Å². The summed E-state index contributed by atoms with van der Waals surface area (Å²) in [5.74, 6) is 17.5. The van der Waals surface area contributed by atoms with Crippen molar-refractivity contribution in [2.24, 2.45) is 0 Å². The van der Waals surface area contributed by atoms with Crippen LogP contribution in [0, 0.1) is 42.4 Å². The van der Waals surface area contributed by atoms with E-state index in [0.29, 0.717) is 40.6 Å². The van der Waals surface area contributed by atoms with Crippen LogP contribution in [0.2, 0.25) is 0 Å². The van der Waals surface area contributed by atoms with Crippen LogP contribution in [0.1, 0.15) is 60.1 Å². The third kappa shape index (κ3) is 13.6. The fourth-order valence-electron chi connectivity index (χ4n) is 11.1. The molecule has 23 nitrogen and oxygen atoms in total. The molecule has 15 N–H and O–H groups in total. The number of rotatable bonds is 6. The maximum atomic E-state index is 11.6. The number of benzene rings is 4. The van der Waals surface area contributed by atoms with Gasteiger partial charge in [-0.3, -0.25) is 24.9 Å². The first-order valence-corrected chi connectivity index (χ1v) is 28.5. The fourth-order valence-corrected chi connectivity index (χ4v) is 11.1. The number of nitrogens with one attached hydrogen (secondary N) is 3. The Balaban J connectivity index is 0.000000147. The molecule has 3 aliphatic heterocycles. The van der Waals surface area contributed by atoms with Gasteiger partial charge in [-0.05, 0) is 114 Å². The summed E-state index contributed by atoms with van der Waals surface area (Å²) in [6.07, 6.45) is -6.55. The average molecular weight is 1220 g/mol. The van der Waals surface area contributed by atoms with E-state index < -0.39 is 111 Å². The maximum absolute atomic E-state index is 11.6. The standard InChI is InChI=1S/2C22H22N2O6.C22H22N2O5/c2*1-11-6-15(26)3-4-16(11)13-7-12(19-14(8-13)9-23-24-19)2-5-17-20(27)22(29)21(28)18(10-25)30-17;1-12-4-2-3-5-16(12)14-8-13(19-15(9-14)10-23-24-19)6-7-17-20(26)22(28)21(27)18(11-25)29-17/h4,6-9,17-18,20-22,25,27-29H,3,10H2,1H3,(H,23,24);3-4,7-9,17-18,20-22,25,27-29H,6,10H2,1H3,(H,23,24);2-5,8-10,17-18,20-22,25-28H,11H2,1H3,(H,23,24)/t3*17-,18-,20-,21-,22-/m111/s1. The van der Waals surface area contributed by atoms with Gasteiger partial charge in [0.1, 0.15) is 91.6 Å². The minimum absolute atomic E-state index is 0.0586. The van der Waals surface area contributed by atoms with E-state index in [0.717, 1.165) is 71.8 Å². The average Bonchev–Trinajstić information content (AvgIpc) is 4.43. The van der Waals surface area contributed by atoms with E-state index >= 15 is 0 Å². The van der Waals surface area contributed by atoms with E-state index in [4.69, 9.17) is 14.2 Å². The molecule has 5 aliphatic rings. The van der Waals surface area contributed by atoms with Crippen molar-refractivity contribution in [2.75, 3.05) is 19.8 Å².